The van der Waals surface area contributed by atoms with Crippen LogP contribution in [0.5, 0.6) is 0 Å². The summed E-state index contributed by atoms with van der Waals surface area (Å²) in [6.07, 6.45) is -4.84. The molecule has 0 unspecified atom stereocenters. The predicted octanol–water partition coefficient (Wildman–Crippen LogP) is 7.93. The summed E-state index contributed by atoms with van der Waals surface area (Å²) in [5.74, 6) is -1.23. The number of anilines is 1. The molecule has 4 rings (SSSR count). The van der Waals surface area contributed by atoms with E-state index in [1.807, 2.05) is 13.8 Å². The van der Waals surface area contributed by atoms with Gasteiger partial charge in [-0.2, -0.15) is 13.2 Å². The van der Waals surface area contributed by atoms with Crippen LogP contribution in [-0.4, -0.2) is 44.3 Å². The van der Waals surface area contributed by atoms with Gasteiger partial charge in [0.25, 0.3) is 10.0 Å². The molecule has 0 aliphatic heterocycles. The largest absolute Gasteiger partial charge is 0.417 e. The molecule has 0 heterocycles. The fourth-order valence-electron chi connectivity index (χ4n) is 5.06. The number of rotatable bonds is 13. The Morgan fingerprint density at radius 3 is 2.12 bits per heavy atom. The molecular weight excluding hydrogens is 698 g/mol. The van der Waals surface area contributed by atoms with Crippen molar-refractivity contribution in [1.29, 1.82) is 0 Å². The topological polar surface area (TPSA) is 86.8 Å². The van der Waals surface area contributed by atoms with E-state index in [0.29, 0.717) is 27.5 Å². The lowest BCUT2D eigenvalue weighted by Crippen LogP contribution is -2.53. The number of hydrogen-bond donors (Lipinski definition) is 1. The number of sulfonamides is 1. The van der Waals surface area contributed by atoms with Gasteiger partial charge in [0.2, 0.25) is 11.8 Å². The van der Waals surface area contributed by atoms with Gasteiger partial charge < -0.3 is 10.2 Å². The smallest absolute Gasteiger partial charge is 0.354 e. The molecular formula is C36H36Cl2F3N3O4S. The molecule has 0 aromatic heterocycles. The summed E-state index contributed by atoms with van der Waals surface area (Å²) in [6.45, 7) is 4.80. The molecule has 0 saturated carbocycles. The van der Waals surface area contributed by atoms with Gasteiger partial charge in [0.1, 0.15) is 12.6 Å². The van der Waals surface area contributed by atoms with Crippen molar-refractivity contribution in [3.8, 4) is 0 Å². The van der Waals surface area contributed by atoms with E-state index in [-0.39, 0.29) is 23.8 Å². The minimum Gasteiger partial charge on any atom is -0.354 e. The average Bonchev–Trinajstić information content (AvgIpc) is 3.04. The van der Waals surface area contributed by atoms with Gasteiger partial charge in [-0.05, 0) is 66.4 Å². The number of carbonyl (C=O) groups is 2. The normalized spacial score (nSPS) is 12.4. The van der Waals surface area contributed by atoms with Gasteiger partial charge in [0.05, 0.1) is 21.2 Å². The lowest BCUT2D eigenvalue weighted by molar-refractivity contribution is -0.140. The van der Waals surface area contributed by atoms with E-state index in [2.05, 4.69) is 5.32 Å². The van der Waals surface area contributed by atoms with Crippen molar-refractivity contribution in [3.05, 3.63) is 129 Å². The Balaban J connectivity index is 1.86. The molecule has 0 aliphatic rings. The highest BCUT2D eigenvalue weighted by Crippen LogP contribution is 2.38. The Bertz CT molecular complexity index is 1870. The number of nitrogens with one attached hydrogen (secondary N) is 1. The minimum absolute atomic E-state index is 0.0704. The highest BCUT2D eigenvalue weighted by molar-refractivity contribution is 7.92. The fourth-order valence-corrected chi connectivity index (χ4v) is 6.90. The predicted molar refractivity (Wildman–Crippen MR) is 186 cm³/mol. The molecule has 0 spiro atoms. The van der Waals surface area contributed by atoms with Gasteiger partial charge in [-0.1, -0.05) is 97.2 Å². The lowest BCUT2D eigenvalue weighted by atomic mass is 10.0. The second-order valence-electron chi connectivity index (χ2n) is 12.0. The monoisotopic (exact) mass is 733 g/mol. The number of amides is 2. The molecule has 2 amide bonds. The summed E-state index contributed by atoms with van der Waals surface area (Å²) in [7, 11) is -4.63. The van der Waals surface area contributed by atoms with Gasteiger partial charge in [-0.25, -0.2) is 8.42 Å². The van der Waals surface area contributed by atoms with Crippen molar-refractivity contribution in [2.75, 3.05) is 17.4 Å². The van der Waals surface area contributed by atoms with E-state index in [4.69, 9.17) is 23.2 Å². The number of benzene rings is 4. The summed E-state index contributed by atoms with van der Waals surface area (Å²) in [5, 5.41) is 2.62. The highest BCUT2D eigenvalue weighted by Gasteiger charge is 2.37. The van der Waals surface area contributed by atoms with Crippen LogP contribution in [0.3, 0.4) is 0 Å². The van der Waals surface area contributed by atoms with Crippen LogP contribution in [0, 0.1) is 12.8 Å². The van der Waals surface area contributed by atoms with Crippen LogP contribution in [0.4, 0.5) is 18.9 Å². The molecule has 0 fully saturated rings. The summed E-state index contributed by atoms with van der Waals surface area (Å²) >= 11 is 12.1. The third-order valence-corrected chi connectivity index (χ3v) is 9.98. The molecule has 1 N–H and O–H groups in total. The van der Waals surface area contributed by atoms with Crippen molar-refractivity contribution in [1.82, 2.24) is 10.2 Å². The Hall–Kier alpha value is -4.06. The molecule has 0 bridgehead atoms. The second-order valence-corrected chi connectivity index (χ2v) is 14.7. The zero-order valence-electron chi connectivity index (χ0n) is 27.0. The van der Waals surface area contributed by atoms with Crippen LogP contribution in [0.2, 0.25) is 10.0 Å². The maximum absolute atomic E-state index is 14.5. The summed E-state index contributed by atoms with van der Waals surface area (Å²) in [4.78, 5) is 29.4. The first-order valence-electron chi connectivity index (χ1n) is 15.4. The van der Waals surface area contributed by atoms with E-state index in [0.717, 1.165) is 23.3 Å². The quantitative estimate of drug-likeness (QED) is 0.151. The molecule has 13 heteroatoms. The molecule has 260 valence electrons. The second kappa shape index (κ2) is 16.1. The number of aryl methyl sites for hydroxylation is 1. The Morgan fingerprint density at radius 2 is 1.51 bits per heavy atom. The van der Waals surface area contributed by atoms with Crippen LogP contribution >= 0.6 is 23.2 Å². The molecule has 4 aromatic carbocycles. The standard InChI is InChI=1S/C36H36Cl2F3N3O4S/c1-24(2)21-42-35(46)33(19-26-8-5-4-6-9-26)43(22-27-10-7-11-28(37)18-27)34(45)23-44(49(47,48)30-15-12-25(3)13-16-30)29-14-17-32(38)31(20-29)36(39,40)41/h4-18,20,24,33H,19,21-23H2,1-3H3,(H,42,46)/t33-/m0/s1. The Morgan fingerprint density at radius 1 is 0.857 bits per heavy atom. The average molecular weight is 735 g/mol. The summed E-state index contributed by atoms with van der Waals surface area (Å²) in [5.41, 5.74) is 0.324. The van der Waals surface area contributed by atoms with Gasteiger partial charge in [0.15, 0.2) is 0 Å². The Kier molecular flexibility index (Phi) is 12.4. The van der Waals surface area contributed by atoms with E-state index in [9.17, 15) is 31.2 Å². The van der Waals surface area contributed by atoms with E-state index in [1.165, 1.54) is 29.2 Å². The lowest BCUT2D eigenvalue weighted by Gasteiger charge is -2.34. The van der Waals surface area contributed by atoms with Gasteiger partial charge in [0, 0.05) is 24.5 Å². The SMILES string of the molecule is Cc1ccc(S(=O)(=O)N(CC(=O)N(Cc2cccc(Cl)c2)[C@@H](Cc2ccccc2)C(=O)NCC(C)C)c2ccc(Cl)c(C(F)(F)F)c2)cc1. The number of alkyl halides is 3. The zero-order valence-corrected chi connectivity index (χ0v) is 29.4. The van der Waals surface area contributed by atoms with Crippen LogP contribution in [-0.2, 0) is 38.8 Å². The van der Waals surface area contributed by atoms with Crippen molar-refractivity contribution >= 4 is 50.7 Å². The van der Waals surface area contributed by atoms with Gasteiger partial charge in [-0.3, -0.25) is 13.9 Å². The van der Waals surface area contributed by atoms with Crippen molar-refractivity contribution in [2.24, 2.45) is 5.92 Å². The van der Waals surface area contributed by atoms with Crippen LogP contribution in [0.1, 0.15) is 36.1 Å². The van der Waals surface area contributed by atoms with E-state index in [1.54, 1.807) is 61.5 Å². The maximum Gasteiger partial charge on any atom is 0.417 e. The van der Waals surface area contributed by atoms with Crippen LogP contribution in [0.15, 0.2) is 102 Å². The minimum atomic E-state index is -4.91. The molecule has 0 radical (unpaired) electrons. The fraction of sp³-hybridized carbons (Fsp3) is 0.278. The first-order chi connectivity index (χ1) is 23.1. The van der Waals surface area contributed by atoms with Gasteiger partial charge in [-0.15, -0.1) is 0 Å². The summed E-state index contributed by atoms with van der Waals surface area (Å²) < 4.78 is 70.9. The molecule has 1 atom stereocenters. The molecule has 4 aromatic rings. The molecule has 7 nitrogen and oxygen atoms in total. The van der Waals surface area contributed by atoms with E-state index >= 15 is 0 Å². The molecule has 0 saturated heterocycles. The van der Waals surface area contributed by atoms with Crippen molar-refractivity contribution in [2.45, 2.75) is 50.9 Å². The Labute approximate surface area is 294 Å². The van der Waals surface area contributed by atoms with Crippen molar-refractivity contribution < 1.29 is 31.2 Å². The number of nitrogens with zero attached hydrogens (tertiary/aromatic N) is 2. The van der Waals surface area contributed by atoms with Crippen molar-refractivity contribution in [3.63, 3.8) is 0 Å². The maximum atomic E-state index is 14.5. The number of hydrogen-bond acceptors (Lipinski definition) is 4. The first-order valence-corrected chi connectivity index (χ1v) is 17.6. The number of carbonyl (C=O) groups excluding carboxylic acids is 2. The third kappa shape index (κ3) is 9.99. The van der Waals surface area contributed by atoms with E-state index < -0.39 is 56.9 Å². The zero-order chi connectivity index (χ0) is 35.9. The third-order valence-electron chi connectivity index (χ3n) is 7.63. The van der Waals surface area contributed by atoms with Crippen LogP contribution < -0.4 is 9.62 Å². The first kappa shape index (κ1) is 37.8. The molecule has 49 heavy (non-hydrogen) atoms. The molecule has 0 aliphatic carbocycles. The number of halogens is 5. The van der Waals surface area contributed by atoms with Gasteiger partial charge >= 0.3 is 6.18 Å². The summed E-state index contributed by atoms with van der Waals surface area (Å²) in [6, 6.07) is 22.8. The highest BCUT2D eigenvalue weighted by atomic mass is 35.5. The van der Waals surface area contributed by atoms with Crippen LogP contribution in [0.25, 0.3) is 0 Å².